The minimum Gasteiger partial charge on any atom is -0.478 e. The van der Waals surface area contributed by atoms with E-state index in [9.17, 15) is 9.36 Å². The molecule has 0 heterocycles. The Morgan fingerprint density at radius 2 is 2.00 bits per heavy atom. The van der Waals surface area contributed by atoms with Crippen LogP contribution in [0.5, 0.6) is 0 Å². The minimum atomic E-state index is -4.11. The van der Waals surface area contributed by atoms with E-state index in [1.807, 2.05) is 22.6 Å². The average Bonchev–Trinajstić information content (AvgIpc) is 2.05. The largest absolute Gasteiger partial charge is 0.478 e. The zero-order valence-electron chi connectivity index (χ0n) is 7.42. The normalized spacial score (nSPS) is 11.4. The summed E-state index contributed by atoms with van der Waals surface area (Å²) in [6, 6.07) is 4.13. The molecule has 0 amide bonds. The van der Waals surface area contributed by atoms with E-state index in [0.717, 1.165) is 0 Å². The summed E-state index contributed by atoms with van der Waals surface area (Å²) in [5, 5.41) is 8.68. The molecule has 15 heavy (non-hydrogen) atoms. The Morgan fingerprint density at radius 1 is 1.40 bits per heavy atom. The first-order valence-corrected chi connectivity index (χ1v) is 6.73. The molecule has 0 atom stereocenters. The van der Waals surface area contributed by atoms with E-state index >= 15 is 0 Å². The van der Waals surface area contributed by atoms with Crippen LogP contribution in [0.25, 0.3) is 0 Å². The van der Waals surface area contributed by atoms with E-state index in [1.165, 1.54) is 18.2 Å². The first kappa shape index (κ1) is 12.6. The second-order valence-electron chi connectivity index (χ2n) is 2.93. The second kappa shape index (κ2) is 4.61. The molecule has 82 valence electrons. The molecular formula is C8H8IO5P. The second-order valence-corrected chi connectivity index (χ2v) is 5.74. The van der Waals surface area contributed by atoms with Crippen LogP contribution in [0.15, 0.2) is 18.2 Å². The van der Waals surface area contributed by atoms with Crippen LogP contribution >= 0.6 is 30.2 Å². The number of hydrogen-bond donors (Lipinski definition) is 3. The highest BCUT2D eigenvalue weighted by Crippen LogP contribution is 2.40. The summed E-state index contributed by atoms with van der Waals surface area (Å²) >= 11 is 1.85. The number of rotatable bonds is 3. The molecule has 1 aromatic rings. The van der Waals surface area contributed by atoms with Gasteiger partial charge in [0.25, 0.3) is 0 Å². The number of benzene rings is 1. The number of halogens is 1. The highest BCUT2D eigenvalue weighted by molar-refractivity contribution is 14.1. The van der Waals surface area contributed by atoms with Gasteiger partial charge in [0.05, 0.1) is 11.7 Å². The maximum atomic E-state index is 10.7. The number of carboxylic acid groups (broad SMARTS) is 1. The zero-order chi connectivity index (χ0) is 11.6. The van der Waals surface area contributed by atoms with Crippen LogP contribution in [-0.4, -0.2) is 20.9 Å². The predicted molar refractivity (Wildman–Crippen MR) is 61.9 cm³/mol. The van der Waals surface area contributed by atoms with Crippen LogP contribution in [0.1, 0.15) is 15.9 Å². The standard InChI is InChI=1S/C8H8IO5P/c9-7-3-5(8(10)11)1-2-6(7)4-15(12,13)14/h1-3H,4H2,(H,10,11)(H2,12,13,14)/i9+4. The van der Waals surface area contributed by atoms with Crippen molar-refractivity contribution in [3.63, 3.8) is 0 Å². The predicted octanol–water partition coefficient (Wildman–Crippen LogP) is 1.67. The van der Waals surface area contributed by atoms with Gasteiger partial charge >= 0.3 is 13.6 Å². The molecule has 0 radical (unpaired) electrons. The van der Waals surface area contributed by atoms with Crippen LogP contribution in [0.2, 0.25) is 0 Å². The van der Waals surface area contributed by atoms with Gasteiger partial charge in [-0.15, -0.1) is 0 Å². The number of hydrogen-bond acceptors (Lipinski definition) is 2. The van der Waals surface area contributed by atoms with Crippen molar-refractivity contribution in [1.82, 2.24) is 0 Å². The summed E-state index contributed by atoms with van der Waals surface area (Å²) < 4.78 is 11.3. The molecule has 0 aliphatic rings. The Bertz CT molecular complexity index is 439. The van der Waals surface area contributed by atoms with Gasteiger partial charge in [0.15, 0.2) is 0 Å². The molecular weight excluding hydrogens is 338 g/mol. The van der Waals surface area contributed by atoms with Gasteiger partial charge in [-0.2, -0.15) is 0 Å². The van der Waals surface area contributed by atoms with E-state index in [0.29, 0.717) is 9.13 Å². The van der Waals surface area contributed by atoms with Gasteiger partial charge in [0, 0.05) is 3.57 Å². The quantitative estimate of drug-likeness (QED) is 0.572. The van der Waals surface area contributed by atoms with Gasteiger partial charge in [-0.3, -0.25) is 4.57 Å². The van der Waals surface area contributed by atoms with Crippen LogP contribution in [-0.2, 0) is 10.7 Å². The lowest BCUT2D eigenvalue weighted by Crippen LogP contribution is -1.99. The summed E-state index contributed by atoms with van der Waals surface area (Å²) in [5.41, 5.74) is 0.558. The molecule has 1 rings (SSSR count). The highest BCUT2D eigenvalue weighted by atomic mass is 131. The van der Waals surface area contributed by atoms with Crippen LogP contribution in [0.4, 0.5) is 0 Å². The zero-order valence-corrected chi connectivity index (χ0v) is 10.5. The first-order valence-electron chi connectivity index (χ1n) is 3.86. The monoisotopic (exact) mass is 346 g/mol. The lowest BCUT2D eigenvalue weighted by molar-refractivity contribution is 0.0697. The van der Waals surface area contributed by atoms with Crippen molar-refractivity contribution in [2.75, 3.05) is 0 Å². The molecule has 7 heteroatoms. The van der Waals surface area contributed by atoms with E-state index in [1.54, 1.807) is 0 Å². The van der Waals surface area contributed by atoms with E-state index in [4.69, 9.17) is 14.9 Å². The van der Waals surface area contributed by atoms with Crippen LogP contribution < -0.4 is 0 Å². The molecule has 5 nitrogen and oxygen atoms in total. The van der Waals surface area contributed by atoms with Crippen molar-refractivity contribution < 1.29 is 24.3 Å². The smallest absolute Gasteiger partial charge is 0.335 e. The van der Waals surface area contributed by atoms with Gasteiger partial charge in [-0.25, -0.2) is 4.79 Å². The SMILES string of the molecule is O=C(O)c1ccc(CP(=O)(O)O)c([131I])c1. The third-order valence-corrected chi connectivity index (χ3v) is 3.43. The van der Waals surface area contributed by atoms with E-state index in [2.05, 4.69) is 0 Å². The van der Waals surface area contributed by atoms with Gasteiger partial charge in [-0.05, 0) is 40.3 Å². The average molecular weight is 346 g/mol. The molecule has 1 aromatic carbocycles. The summed E-state index contributed by atoms with van der Waals surface area (Å²) in [6.45, 7) is 0. The fourth-order valence-corrected chi connectivity index (χ4v) is 2.76. The van der Waals surface area contributed by atoms with Crippen molar-refractivity contribution in [3.05, 3.63) is 32.9 Å². The summed E-state index contributed by atoms with van der Waals surface area (Å²) in [4.78, 5) is 28.1. The number of carboxylic acids is 1. The lowest BCUT2D eigenvalue weighted by atomic mass is 10.1. The molecule has 0 unspecified atom stereocenters. The van der Waals surface area contributed by atoms with Crippen molar-refractivity contribution in [2.45, 2.75) is 6.16 Å². The van der Waals surface area contributed by atoms with Crippen molar-refractivity contribution in [2.24, 2.45) is 0 Å². The van der Waals surface area contributed by atoms with Crippen molar-refractivity contribution >= 4 is 36.2 Å². The van der Waals surface area contributed by atoms with Gasteiger partial charge in [0.2, 0.25) is 0 Å². The summed E-state index contributed by atoms with van der Waals surface area (Å²) in [6.07, 6.45) is -0.370. The van der Waals surface area contributed by atoms with Gasteiger partial charge < -0.3 is 14.9 Å². The molecule has 0 aliphatic carbocycles. The summed E-state index contributed by atoms with van der Waals surface area (Å²) in [7, 11) is -4.11. The van der Waals surface area contributed by atoms with Crippen molar-refractivity contribution in [3.8, 4) is 0 Å². The molecule has 0 spiro atoms. The molecule has 0 saturated heterocycles. The Hall–Kier alpha value is -0.430. The maximum absolute atomic E-state index is 10.7. The Labute approximate surface area is 99.4 Å². The lowest BCUT2D eigenvalue weighted by Gasteiger charge is -2.06. The minimum absolute atomic E-state index is 0.105. The molecule has 0 saturated carbocycles. The molecule has 0 bridgehead atoms. The maximum Gasteiger partial charge on any atom is 0.335 e. The fraction of sp³-hybridized carbons (Fsp3) is 0.125. The van der Waals surface area contributed by atoms with Gasteiger partial charge in [0.1, 0.15) is 0 Å². The third-order valence-electron chi connectivity index (χ3n) is 1.68. The van der Waals surface area contributed by atoms with E-state index < -0.39 is 13.6 Å². The summed E-state index contributed by atoms with van der Waals surface area (Å²) in [5.74, 6) is -1.06. The fourth-order valence-electron chi connectivity index (χ4n) is 1.03. The highest BCUT2D eigenvalue weighted by Gasteiger charge is 2.16. The molecule has 0 aromatic heterocycles. The molecule has 3 N–H and O–H groups in total. The molecule has 0 aliphatic heterocycles. The Kier molecular flexibility index (Phi) is 3.88. The Morgan fingerprint density at radius 3 is 2.40 bits per heavy atom. The van der Waals surface area contributed by atoms with E-state index in [-0.39, 0.29) is 11.7 Å². The number of aromatic carboxylic acids is 1. The number of carbonyl (C=O) groups is 1. The van der Waals surface area contributed by atoms with Crippen LogP contribution in [0.3, 0.4) is 0 Å². The topological polar surface area (TPSA) is 94.8 Å². The van der Waals surface area contributed by atoms with Crippen molar-refractivity contribution in [1.29, 1.82) is 0 Å². The third kappa shape index (κ3) is 3.90. The Balaban J connectivity index is 3.04. The first-order chi connectivity index (χ1) is 6.79. The molecule has 0 fully saturated rings. The van der Waals surface area contributed by atoms with Gasteiger partial charge in [-0.1, -0.05) is 6.07 Å². The van der Waals surface area contributed by atoms with Crippen LogP contribution in [0, 0.1) is 3.57 Å².